The Labute approximate surface area is 540 Å². The van der Waals surface area contributed by atoms with Crippen molar-refractivity contribution in [3.8, 4) is 0 Å². The second kappa shape index (κ2) is 33.3. The van der Waals surface area contributed by atoms with Gasteiger partial charge in [0.1, 0.15) is 48.0 Å². The molecule has 22 nitrogen and oxygen atoms in total. The molecule has 4 N–H and O–H groups in total. The molecule has 3 aliphatic carbocycles. The van der Waals surface area contributed by atoms with Gasteiger partial charge in [-0.15, -0.1) is 11.6 Å². The highest BCUT2D eigenvalue weighted by atomic mass is 35.5. The van der Waals surface area contributed by atoms with E-state index in [2.05, 4.69) is 21.3 Å². The maximum atomic E-state index is 15.0. The topological polar surface area (TPSA) is 259 Å². The number of carbonyl (C=O) groups is 11. The molecule has 5 aliphatic rings. The van der Waals surface area contributed by atoms with Crippen LogP contribution in [0.4, 0.5) is 17.6 Å². The SMILES string of the molecule is CC[C@H](C)[C@@H]1NC(=O)[C@H](CC(C)C)N(C)C(=O)C[C@@H](C)NC(=O)[C@H](C(C)C)N(C)C(=O)C2(CCCC2)NC(=O)[C@@H]2CCCN2C(=O)[C@H](CCC2CCC(C(F)(F)F)C(Cl)C2)NC(=O)CN(C)C(=O)[C@H](CC2CCCC(F)C2)N(C)C(=O)CN(C)C(=O)CN(C)C1=O. The molecular weight excluding hydrogens is 1210 g/mol. The summed E-state index contributed by atoms with van der Waals surface area (Å²) in [5, 5.41) is 10.3. The molecule has 2 saturated heterocycles. The minimum atomic E-state index is -4.51. The number of rotatable bonds is 10. The molecule has 2 aliphatic heterocycles. The summed E-state index contributed by atoms with van der Waals surface area (Å²) in [7, 11) is 8.35. The van der Waals surface area contributed by atoms with Crippen LogP contribution in [0, 0.1) is 35.5 Å². The highest BCUT2D eigenvalue weighted by Crippen LogP contribution is 2.44. The van der Waals surface area contributed by atoms with Gasteiger partial charge in [0.15, 0.2) is 0 Å². The third-order valence-electron chi connectivity index (χ3n) is 19.7. The lowest BCUT2D eigenvalue weighted by atomic mass is 9.78. The van der Waals surface area contributed by atoms with Gasteiger partial charge in [0.25, 0.3) is 0 Å². The number of likely N-dealkylation sites (N-methyl/N-ethyl adjacent to an activating group) is 6. The standard InChI is InChI=1S/C64H104ClF4N11O11/c1-14-39(6)54-61(90)76(10)35-52(83)74(8)36-53(84)78(12)49(33-42-19-17-20-43(66)31-42)60(89)75(9)34-50(81)71-46(25-23-41-22-24-44(45(65)32-41)64(67,68)69)59(88)80-28-18-21-47(80)57(86)73-63(26-15-16-27-63)62(91)79(13)55(38(4)5)58(87)70-40(7)30-51(82)77(11)48(29-37(2)3)56(85)72-54/h37-49,54-55H,14-36H2,1-13H3,(H,70,87)(H,71,81)(H,72,85)(H,73,86)/t39-,40+,41?,42?,43?,44?,45?,46-,47-,48-,49-,54-,55-/m0/s1. The zero-order valence-electron chi connectivity index (χ0n) is 55.9. The van der Waals surface area contributed by atoms with Crippen LogP contribution in [0.25, 0.3) is 0 Å². The lowest BCUT2D eigenvalue weighted by Gasteiger charge is -2.39. The number of alkyl halides is 5. The second-order valence-corrected chi connectivity index (χ2v) is 28.3. The molecule has 13 atom stereocenters. The van der Waals surface area contributed by atoms with Gasteiger partial charge in [0, 0.05) is 66.7 Å². The van der Waals surface area contributed by atoms with E-state index in [-0.39, 0.29) is 101 Å². The summed E-state index contributed by atoms with van der Waals surface area (Å²) in [5.41, 5.74) is -1.50. The average Bonchev–Trinajstić information content (AvgIpc) is 1.75. The molecule has 11 amide bonds. The average molecular weight is 1320 g/mol. The van der Waals surface area contributed by atoms with E-state index in [4.69, 9.17) is 11.6 Å². The fraction of sp³-hybridized carbons (Fsp3) is 0.828. The third-order valence-corrected chi connectivity index (χ3v) is 20.2. The van der Waals surface area contributed by atoms with E-state index in [1.54, 1.807) is 27.7 Å². The number of amides is 11. The van der Waals surface area contributed by atoms with Crippen LogP contribution in [0.15, 0.2) is 0 Å². The zero-order chi connectivity index (χ0) is 68.1. The quantitative estimate of drug-likeness (QED) is 0.164. The number of fused-ring (bicyclic) bond motifs is 1. The first-order valence-electron chi connectivity index (χ1n) is 32.9. The van der Waals surface area contributed by atoms with Gasteiger partial charge in [0.2, 0.25) is 65.0 Å². The third kappa shape index (κ3) is 20.1. The van der Waals surface area contributed by atoms with Crippen molar-refractivity contribution in [1.29, 1.82) is 0 Å². The fourth-order valence-electron chi connectivity index (χ4n) is 14.0. The largest absolute Gasteiger partial charge is 0.393 e. The molecule has 3 saturated carbocycles. The first-order chi connectivity index (χ1) is 42.5. The monoisotopic (exact) mass is 1310 g/mol. The van der Waals surface area contributed by atoms with E-state index >= 15 is 4.79 Å². The number of halogens is 5. The Kier molecular flexibility index (Phi) is 27.8. The highest BCUT2D eigenvalue weighted by Gasteiger charge is 2.51. The predicted octanol–water partition coefficient (Wildman–Crippen LogP) is 5.17. The van der Waals surface area contributed by atoms with Gasteiger partial charge in [-0.05, 0) is 120 Å². The Hall–Kier alpha value is -5.82. The van der Waals surface area contributed by atoms with E-state index in [0.29, 0.717) is 44.9 Å². The normalized spacial score (nSPS) is 31.1. The summed E-state index contributed by atoms with van der Waals surface area (Å²) < 4.78 is 56.6. The molecule has 1 spiro atoms. The van der Waals surface area contributed by atoms with Crippen molar-refractivity contribution < 1.29 is 70.3 Å². The van der Waals surface area contributed by atoms with E-state index in [0.717, 1.165) is 19.6 Å². The van der Waals surface area contributed by atoms with Crippen LogP contribution in [0.1, 0.15) is 170 Å². The zero-order valence-corrected chi connectivity index (χ0v) is 56.7. The number of hydrogen-bond acceptors (Lipinski definition) is 11. The van der Waals surface area contributed by atoms with Gasteiger partial charge in [-0.3, -0.25) is 52.7 Å². The molecule has 2 heterocycles. The van der Waals surface area contributed by atoms with Crippen LogP contribution in [-0.4, -0.2) is 233 Å². The minimum absolute atomic E-state index is 0.000651. The van der Waals surface area contributed by atoms with E-state index < -0.39 is 168 Å². The molecule has 5 fully saturated rings. The van der Waals surface area contributed by atoms with Crippen molar-refractivity contribution in [2.75, 3.05) is 68.5 Å². The highest BCUT2D eigenvalue weighted by molar-refractivity contribution is 6.20. The number of hydrogen-bond donors (Lipinski definition) is 4. The summed E-state index contributed by atoms with van der Waals surface area (Å²) in [6.45, 7) is 10.8. The Morgan fingerprint density at radius 2 is 1.25 bits per heavy atom. The van der Waals surface area contributed by atoms with Crippen LogP contribution in [0.5, 0.6) is 0 Å². The number of carbonyl (C=O) groups excluding carboxylic acids is 11. The van der Waals surface area contributed by atoms with Gasteiger partial charge < -0.3 is 55.6 Å². The molecule has 27 heteroatoms. The maximum absolute atomic E-state index is 15.0. The Morgan fingerprint density at radius 3 is 1.85 bits per heavy atom. The van der Waals surface area contributed by atoms with Gasteiger partial charge in [-0.2, -0.15) is 13.2 Å². The number of nitrogens with one attached hydrogen (secondary N) is 4. The van der Waals surface area contributed by atoms with Crippen LogP contribution in [-0.2, 0) is 52.7 Å². The number of nitrogens with zero attached hydrogens (tertiary/aromatic N) is 7. The molecular formula is C64H104ClF4N11O11. The van der Waals surface area contributed by atoms with Gasteiger partial charge in [-0.25, -0.2) is 4.39 Å². The summed E-state index contributed by atoms with van der Waals surface area (Å²) >= 11 is 6.35. The predicted molar refractivity (Wildman–Crippen MR) is 334 cm³/mol. The Balaban J connectivity index is 1.53. The molecule has 516 valence electrons. The van der Waals surface area contributed by atoms with Crippen LogP contribution in [0.2, 0.25) is 0 Å². The van der Waals surface area contributed by atoms with Crippen molar-refractivity contribution in [3.05, 3.63) is 0 Å². The second-order valence-electron chi connectivity index (χ2n) is 27.8. The molecule has 0 bridgehead atoms. The maximum Gasteiger partial charge on any atom is 0.393 e. The minimum Gasteiger partial charge on any atom is -0.351 e. The van der Waals surface area contributed by atoms with E-state index in [1.807, 2.05) is 20.8 Å². The smallest absolute Gasteiger partial charge is 0.351 e. The van der Waals surface area contributed by atoms with E-state index in [9.17, 15) is 65.5 Å². The molecule has 5 rings (SSSR count). The first-order valence-corrected chi connectivity index (χ1v) is 33.4. The van der Waals surface area contributed by atoms with Crippen LogP contribution < -0.4 is 21.3 Å². The molecule has 5 unspecified atom stereocenters. The van der Waals surface area contributed by atoms with Gasteiger partial charge >= 0.3 is 6.18 Å². The van der Waals surface area contributed by atoms with Crippen LogP contribution >= 0.6 is 11.6 Å². The molecule has 0 radical (unpaired) electrons. The summed E-state index contributed by atoms with van der Waals surface area (Å²) in [4.78, 5) is 168. The van der Waals surface area contributed by atoms with Crippen molar-refractivity contribution in [2.45, 2.75) is 236 Å². The summed E-state index contributed by atoms with van der Waals surface area (Å²) in [5.74, 6) is -10.6. The fourth-order valence-corrected chi connectivity index (χ4v) is 14.6. The Morgan fingerprint density at radius 1 is 0.626 bits per heavy atom. The van der Waals surface area contributed by atoms with Crippen molar-refractivity contribution in [1.82, 2.24) is 55.6 Å². The lowest BCUT2D eigenvalue weighted by molar-refractivity contribution is -0.182. The summed E-state index contributed by atoms with van der Waals surface area (Å²) in [6.07, 6.45) is -1.76. The van der Waals surface area contributed by atoms with E-state index in [1.165, 1.54) is 57.0 Å². The molecule has 0 aromatic rings. The lowest BCUT2D eigenvalue weighted by Crippen LogP contribution is -2.64. The summed E-state index contributed by atoms with van der Waals surface area (Å²) in [6, 6.07) is -7.90. The van der Waals surface area contributed by atoms with Crippen molar-refractivity contribution in [2.24, 2.45) is 35.5 Å². The molecule has 0 aromatic carbocycles. The first kappa shape index (κ1) is 75.9. The van der Waals surface area contributed by atoms with Gasteiger partial charge in [0.05, 0.1) is 25.6 Å². The van der Waals surface area contributed by atoms with Crippen LogP contribution in [0.3, 0.4) is 0 Å². The van der Waals surface area contributed by atoms with Gasteiger partial charge in [-0.1, -0.05) is 73.6 Å². The van der Waals surface area contributed by atoms with Crippen molar-refractivity contribution in [3.63, 3.8) is 0 Å². The molecule has 91 heavy (non-hydrogen) atoms. The molecule has 0 aromatic heterocycles. The van der Waals surface area contributed by atoms with Crippen molar-refractivity contribution >= 4 is 76.6 Å². The Bertz CT molecular complexity index is 2600.